The molecule has 0 radical (unpaired) electrons. The van der Waals surface area contributed by atoms with E-state index in [1.54, 1.807) is 0 Å². The molecular formula is C12H24N2O2. The molecule has 0 aliphatic heterocycles. The van der Waals surface area contributed by atoms with Crippen LogP contribution in [-0.4, -0.2) is 34.8 Å². The van der Waals surface area contributed by atoms with E-state index in [1.807, 2.05) is 39.5 Å². The highest BCUT2D eigenvalue weighted by Gasteiger charge is 2.27. The molecule has 4 nitrogen and oxygen atoms in total. The number of hydrogen-bond donors (Lipinski definition) is 1. The van der Waals surface area contributed by atoms with Gasteiger partial charge < -0.3 is 10.2 Å². The molecule has 0 aromatic carbocycles. The molecule has 0 aromatic heterocycles. The summed E-state index contributed by atoms with van der Waals surface area (Å²) in [4.78, 5) is 25.0. The molecule has 16 heavy (non-hydrogen) atoms. The smallest absolute Gasteiger partial charge is 0.245 e. The quantitative estimate of drug-likeness (QED) is 0.776. The predicted octanol–water partition coefficient (Wildman–Crippen LogP) is 1.55. The highest BCUT2D eigenvalue weighted by atomic mass is 16.2. The first kappa shape index (κ1) is 14.9. The van der Waals surface area contributed by atoms with Crippen LogP contribution >= 0.6 is 0 Å². The number of carbonyl (C=O) groups excluding carboxylic acids is 2. The molecule has 1 N–H and O–H groups in total. The highest BCUT2D eigenvalue weighted by molar-refractivity contribution is 5.87. The first-order valence-corrected chi connectivity index (χ1v) is 5.90. The number of nitrogens with one attached hydrogen (secondary N) is 1. The van der Waals surface area contributed by atoms with Gasteiger partial charge in [0.05, 0.1) is 0 Å². The minimum Gasteiger partial charge on any atom is -0.345 e. The van der Waals surface area contributed by atoms with Gasteiger partial charge in [0.2, 0.25) is 11.8 Å². The lowest BCUT2D eigenvalue weighted by molar-refractivity contribution is -0.139. The molecule has 0 saturated carbocycles. The lowest BCUT2D eigenvalue weighted by Gasteiger charge is -2.33. The van der Waals surface area contributed by atoms with Crippen LogP contribution in [-0.2, 0) is 9.59 Å². The summed E-state index contributed by atoms with van der Waals surface area (Å²) in [6.45, 7) is 11.3. The van der Waals surface area contributed by atoms with Crippen LogP contribution in [0.3, 0.4) is 0 Å². The Morgan fingerprint density at radius 3 is 1.81 bits per heavy atom. The average Bonchev–Trinajstić information content (AvgIpc) is 2.12. The van der Waals surface area contributed by atoms with Crippen molar-refractivity contribution in [3.63, 3.8) is 0 Å². The Labute approximate surface area is 98.4 Å². The molecule has 0 bridgehead atoms. The van der Waals surface area contributed by atoms with Crippen LogP contribution in [0.2, 0.25) is 0 Å². The maximum atomic E-state index is 12.2. The van der Waals surface area contributed by atoms with Crippen molar-refractivity contribution in [2.24, 2.45) is 0 Å². The Balaban J connectivity index is 4.75. The average molecular weight is 228 g/mol. The molecule has 0 aliphatic carbocycles. The van der Waals surface area contributed by atoms with Crippen molar-refractivity contribution in [2.75, 3.05) is 0 Å². The van der Waals surface area contributed by atoms with Gasteiger partial charge in [-0.1, -0.05) is 6.92 Å². The fourth-order valence-electron chi connectivity index (χ4n) is 1.87. The van der Waals surface area contributed by atoms with E-state index in [0.717, 1.165) is 0 Å². The minimum atomic E-state index is -0.401. The van der Waals surface area contributed by atoms with E-state index < -0.39 is 6.04 Å². The van der Waals surface area contributed by atoms with Crippen LogP contribution in [0.15, 0.2) is 0 Å². The molecular weight excluding hydrogens is 204 g/mol. The van der Waals surface area contributed by atoms with E-state index >= 15 is 0 Å². The van der Waals surface area contributed by atoms with Gasteiger partial charge in [0.1, 0.15) is 6.04 Å². The molecule has 0 aromatic rings. The summed E-state index contributed by atoms with van der Waals surface area (Å²) in [6.07, 6.45) is 0.619. The standard InChI is InChI=1S/C12H24N2O2/c1-7-11(13-10(6)15)12(16)14(8(2)3)9(4)5/h8-9,11H,7H2,1-6H3,(H,13,15)/t11-/m0/s1. The SMILES string of the molecule is CC[C@H](NC(C)=O)C(=O)N(C(C)C)C(C)C. The summed E-state index contributed by atoms with van der Waals surface area (Å²) in [5, 5.41) is 2.69. The van der Waals surface area contributed by atoms with E-state index in [2.05, 4.69) is 5.32 Å². The van der Waals surface area contributed by atoms with Crippen LogP contribution in [0.4, 0.5) is 0 Å². The molecule has 0 fully saturated rings. The third-order valence-electron chi connectivity index (χ3n) is 2.45. The first-order valence-electron chi connectivity index (χ1n) is 5.90. The third kappa shape index (κ3) is 4.21. The Hall–Kier alpha value is -1.06. The van der Waals surface area contributed by atoms with Gasteiger partial charge in [-0.15, -0.1) is 0 Å². The van der Waals surface area contributed by atoms with Crippen LogP contribution in [0.25, 0.3) is 0 Å². The number of nitrogens with zero attached hydrogens (tertiary/aromatic N) is 1. The minimum absolute atomic E-state index is 0.00250. The normalized spacial score (nSPS) is 12.8. The number of carbonyl (C=O) groups is 2. The summed E-state index contributed by atoms with van der Waals surface area (Å²) in [6, 6.07) is -0.104. The van der Waals surface area contributed by atoms with Gasteiger partial charge in [0.15, 0.2) is 0 Å². The first-order chi connectivity index (χ1) is 7.31. The van der Waals surface area contributed by atoms with Crippen LogP contribution in [0.5, 0.6) is 0 Å². The number of rotatable bonds is 5. The lowest BCUT2D eigenvalue weighted by atomic mass is 10.1. The summed E-state index contributed by atoms with van der Waals surface area (Å²) >= 11 is 0. The number of amides is 2. The van der Waals surface area contributed by atoms with Crippen molar-refractivity contribution in [2.45, 2.75) is 66.1 Å². The Bertz CT molecular complexity index is 241. The van der Waals surface area contributed by atoms with Gasteiger partial charge in [-0.05, 0) is 34.1 Å². The van der Waals surface area contributed by atoms with Gasteiger partial charge in [-0.25, -0.2) is 0 Å². The second kappa shape index (κ2) is 6.51. The molecule has 2 amide bonds. The van der Waals surface area contributed by atoms with E-state index in [4.69, 9.17) is 0 Å². The van der Waals surface area contributed by atoms with Crippen molar-refractivity contribution in [3.8, 4) is 0 Å². The Morgan fingerprint density at radius 1 is 1.12 bits per heavy atom. The topological polar surface area (TPSA) is 49.4 Å². The molecule has 0 heterocycles. The van der Waals surface area contributed by atoms with Gasteiger partial charge in [-0.3, -0.25) is 9.59 Å². The third-order valence-corrected chi connectivity index (χ3v) is 2.45. The summed E-state index contributed by atoms with van der Waals surface area (Å²) in [7, 11) is 0. The summed E-state index contributed by atoms with van der Waals surface area (Å²) in [5.74, 6) is -0.157. The van der Waals surface area contributed by atoms with E-state index in [0.29, 0.717) is 6.42 Å². The van der Waals surface area contributed by atoms with Gasteiger partial charge in [0.25, 0.3) is 0 Å². The fourth-order valence-corrected chi connectivity index (χ4v) is 1.87. The maximum absolute atomic E-state index is 12.2. The van der Waals surface area contributed by atoms with Crippen molar-refractivity contribution < 1.29 is 9.59 Å². The molecule has 0 rings (SSSR count). The fraction of sp³-hybridized carbons (Fsp3) is 0.833. The largest absolute Gasteiger partial charge is 0.345 e. The lowest BCUT2D eigenvalue weighted by Crippen LogP contribution is -2.52. The summed E-state index contributed by atoms with van der Waals surface area (Å²) < 4.78 is 0. The van der Waals surface area contributed by atoms with Crippen molar-refractivity contribution in [1.29, 1.82) is 0 Å². The molecule has 0 spiro atoms. The van der Waals surface area contributed by atoms with Crippen molar-refractivity contribution in [1.82, 2.24) is 10.2 Å². The second-order valence-corrected chi connectivity index (χ2v) is 4.59. The maximum Gasteiger partial charge on any atom is 0.245 e. The zero-order valence-electron chi connectivity index (χ0n) is 11.2. The van der Waals surface area contributed by atoms with Crippen LogP contribution < -0.4 is 5.32 Å². The molecule has 94 valence electrons. The zero-order valence-corrected chi connectivity index (χ0v) is 11.2. The van der Waals surface area contributed by atoms with Gasteiger partial charge in [0, 0.05) is 19.0 Å². The van der Waals surface area contributed by atoms with Crippen molar-refractivity contribution >= 4 is 11.8 Å². The van der Waals surface area contributed by atoms with E-state index in [9.17, 15) is 9.59 Å². The zero-order chi connectivity index (χ0) is 12.9. The predicted molar refractivity (Wildman–Crippen MR) is 65.0 cm³/mol. The second-order valence-electron chi connectivity index (χ2n) is 4.59. The Morgan fingerprint density at radius 2 is 1.56 bits per heavy atom. The van der Waals surface area contributed by atoms with Crippen LogP contribution in [0, 0.1) is 0 Å². The Kier molecular flexibility index (Phi) is 6.08. The van der Waals surface area contributed by atoms with Crippen molar-refractivity contribution in [3.05, 3.63) is 0 Å². The van der Waals surface area contributed by atoms with E-state index in [1.165, 1.54) is 6.92 Å². The molecule has 4 heteroatoms. The molecule has 0 saturated heterocycles. The molecule has 1 atom stereocenters. The molecule has 0 unspecified atom stereocenters. The number of hydrogen-bond acceptors (Lipinski definition) is 2. The monoisotopic (exact) mass is 228 g/mol. The molecule has 0 aliphatic rings. The van der Waals surface area contributed by atoms with Gasteiger partial charge in [-0.2, -0.15) is 0 Å². The van der Waals surface area contributed by atoms with Crippen LogP contribution in [0.1, 0.15) is 48.0 Å². The summed E-state index contributed by atoms with van der Waals surface area (Å²) in [5.41, 5.74) is 0. The van der Waals surface area contributed by atoms with Gasteiger partial charge >= 0.3 is 0 Å². The highest BCUT2D eigenvalue weighted by Crippen LogP contribution is 2.09. The van der Waals surface area contributed by atoms with E-state index in [-0.39, 0.29) is 23.9 Å².